The van der Waals surface area contributed by atoms with Gasteiger partial charge in [0.25, 0.3) is 0 Å². The molecule has 0 aromatic carbocycles. The zero-order valence-electron chi connectivity index (χ0n) is 52.7. The Morgan fingerprint density at radius 2 is 0.880 bits per heavy atom. The predicted octanol–water partition coefficient (Wildman–Crippen LogP) is 12.1. The molecular weight excluding hydrogens is 947 g/mol. The fraction of sp³-hybridized carbons (Fsp3) is 0.917. The molecule has 0 spiro atoms. The lowest BCUT2D eigenvalue weighted by molar-refractivity contribution is -0.144. The van der Waals surface area contributed by atoms with Gasteiger partial charge in [0.15, 0.2) is 0 Å². The highest BCUT2D eigenvalue weighted by Gasteiger charge is 2.43. The molecule has 0 radical (unpaired) electrons. The van der Waals surface area contributed by atoms with Crippen LogP contribution in [0.15, 0.2) is 12.4 Å². The normalized spacial score (nSPS) is 14.3. The van der Waals surface area contributed by atoms with Gasteiger partial charge in [0, 0.05) is 61.4 Å². The van der Waals surface area contributed by atoms with Gasteiger partial charge in [-0.25, -0.2) is 0 Å². The van der Waals surface area contributed by atoms with Crippen LogP contribution in [0.1, 0.15) is 223 Å². The number of aromatic nitrogens is 6. The fourth-order valence-electron chi connectivity index (χ4n) is 9.65. The molecule has 2 rings (SSSR count). The topological polar surface area (TPSA) is 157 Å². The lowest BCUT2D eigenvalue weighted by atomic mass is 9.60. The third-order valence-electron chi connectivity index (χ3n) is 16.5. The largest absolute Gasteiger partial charge is 0.396 e. The summed E-state index contributed by atoms with van der Waals surface area (Å²) in [5.41, 5.74) is -0.398. The molecule has 0 aliphatic carbocycles. The molecule has 0 atom stereocenters. The Hall–Kier alpha value is -2.53. The van der Waals surface area contributed by atoms with E-state index in [9.17, 15) is 9.90 Å². The highest BCUT2D eigenvalue weighted by Crippen LogP contribution is 2.47. The summed E-state index contributed by atoms with van der Waals surface area (Å²) in [4.78, 5) is 15.9. The smallest absolute Gasteiger partial charge is 0.228 e. The van der Waals surface area contributed by atoms with Crippen LogP contribution in [-0.4, -0.2) is 141 Å². The van der Waals surface area contributed by atoms with Crippen molar-refractivity contribution in [1.29, 1.82) is 0 Å². The van der Waals surface area contributed by atoms with E-state index >= 15 is 0 Å². The number of hydrogen-bond acceptors (Lipinski definition) is 12. The summed E-state index contributed by atoms with van der Waals surface area (Å²) < 4.78 is 41.3. The van der Waals surface area contributed by atoms with Crippen LogP contribution in [-0.2, 0) is 57.1 Å². The number of carbonyl (C=O) groups excluding carboxylic acids is 1. The lowest BCUT2D eigenvalue weighted by Gasteiger charge is -2.44. The maximum Gasteiger partial charge on any atom is 0.228 e. The zero-order valence-corrected chi connectivity index (χ0v) is 52.7. The van der Waals surface area contributed by atoms with Crippen LogP contribution in [0.5, 0.6) is 0 Å². The van der Waals surface area contributed by atoms with Gasteiger partial charge in [0.1, 0.15) is 0 Å². The molecule has 2 aromatic rings. The minimum Gasteiger partial charge on any atom is -0.396 e. The van der Waals surface area contributed by atoms with E-state index in [1.54, 1.807) is 0 Å². The van der Waals surface area contributed by atoms with Crippen LogP contribution in [0.25, 0.3) is 0 Å². The summed E-state index contributed by atoms with van der Waals surface area (Å²) in [5.74, 6) is 0.00785. The molecule has 1 amide bonds. The molecule has 0 saturated heterocycles. The first-order chi connectivity index (χ1) is 34.0. The number of aliphatic hydroxyl groups excluding tert-OH is 1. The number of ether oxygens (including phenoxy) is 6. The van der Waals surface area contributed by atoms with Crippen molar-refractivity contribution in [3.05, 3.63) is 23.8 Å². The number of rotatable bonds is 38. The summed E-state index contributed by atoms with van der Waals surface area (Å²) in [6, 6.07) is 0. The van der Waals surface area contributed by atoms with Crippen LogP contribution in [0.2, 0.25) is 0 Å². The molecular formula is C60H115N7O8. The Morgan fingerprint density at radius 3 is 1.25 bits per heavy atom. The van der Waals surface area contributed by atoms with Crippen LogP contribution in [0.3, 0.4) is 0 Å². The van der Waals surface area contributed by atoms with E-state index in [0.717, 1.165) is 63.0 Å². The van der Waals surface area contributed by atoms with E-state index < -0.39 is 22.0 Å². The standard InChI is InChI=1S/C60H115N7O8/c1-25-53(9,10)59(21,22)47-42-66(63-61-47)30-26-55(13,14)72-34-28-57(17,18)74-40-38-70-36-32-65(49(69)52(7,8)45-51(5,6)46-68)33-37-71-39-41-75-58(19,20)29-35-73-56(15,16)27-31-67-43-48(62-64-67)60(23,24)54(11,12)44-50(2,3)4/h42-43,68H,25-41,44-46H2,1-24H3. The average molecular weight is 1060 g/mol. The molecule has 2 aromatic heterocycles. The van der Waals surface area contributed by atoms with Crippen molar-refractivity contribution in [3.63, 3.8) is 0 Å². The first-order valence-electron chi connectivity index (χ1n) is 28.5. The second-order valence-corrected chi connectivity index (χ2v) is 29.2. The molecule has 0 aliphatic rings. The van der Waals surface area contributed by atoms with E-state index in [-0.39, 0.29) is 50.8 Å². The number of nitrogens with zero attached hydrogens (tertiary/aromatic N) is 7. The van der Waals surface area contributed by atoms with Crippen molar-refractivity contribution >= 4 is 5.91 Å². The van der Waals surface area contributed by atoms with Gasteiger partial charge in [-0.3, -0.25) is 14.2 Å². The summed E-state index contributed by atoms with van der Waals surface area (Å²) in [6.07, 6.45) is 9.93. The summed E-state index contributed by atoms with van der Waals surface area (Å²) in [5, 5.41) is 28.2. The number of hydrogen-bond donors (Lipinski definition) is 1. The average Bonchev–Trinajstić information content (AvgIpc) is 3.96. The van der Waals surface area contributed by atoms with Gasteiger partial charge >= 0.3 is 0 Å². The van der Waals surface area contributed by atoms with Crippen molar-refractivity contribution in [1.82, 2.24) is 34.9 Å². The number of carbonyl (C=O) groups is 1. The summed E-state index contributed by atoms with van der Waals surface area (Å²) >= 11 is 0. The molecule has 15 nitrogen and oxygen atoms in total. The van der Waals surface area contributed by atoms with Gasteiger partial charge in [-0.2, -0.15) is 0 Å². The molecule has 2 heterocycles. The minimum atomic E-state index is -0.692. The van der Waals surface area contributed by atoms with Gasteiger partial charge in [0.2, 0.25) is 5.91 Å². The van der Waals surface area contributed by atoms with E-state index in [2.05, 4.69) is 171 Å². The van der Waals surface area contributed by atoms with Crippen LogP contribution < -0.4 is 0 Å². The molecule has 0 fully saturated rings. The highest BCUT2D eigenvalue weighted by atomic mass is 16.5. The molecule has 75 heavy (non-hydrogen) atoms. The SMILES string of the molecule is CCC(C)(C)C(C)(C)c1cn(CCC(C)(C)OCCC(C)(C)OCCOCCN(CCOCCOC(C)(C)CCOC(C)(C)CCn2cc(C(C)(C)C(C)(C)CC(C)(C)C)nn2)C(=O)C(C)(C)CC(C)(C)CO)nn1. The molecule has 0 bridgehead atoms. The Kier molecular flexibility index (Phi) is 25.2. The monoisotopic (exact) mass is 1060 g/mol. The quantitative estimate of drug-likeness (QED) is 0.0636. The third kappa shape index (κ3) is 23.4. The molecule has 0 aliphatic heterocycles. The van der Waals surface area contributed by atoms with Gasteiger partial charge in [-0.15, -0.1) is 10.2 Å². The number of amides is 1. The number of aryl methyl sites for hydroxylation is 2. The molecule has 0 unspecified atom stereocenters. The molecule has 15 heteroatoms. The maximum atomic E-state index is 14.1. The molecule has 438 valence electrons. The second-order valence-electron chi connectivity index (χ2n) is 29.2. The third-order valence-corrected chi connectivity index (χ3v) is 16.5. The van der Waals surface area contributed by atoms with Crippen molar-refractivity contribution in [3.8, 4) is 0 Å². The summed E-state index contributed by atoms with van der Waals surface area (Å²) in [7, 11) is 0. The zero-order chi connectivity index (χ0) is 57.6. The molecule has 0 saturated carbocycles. The van der Waals surface area contributed by atoms with Crippen molar-refractivity contribution in [2.75, 3.05) is 72.6 Å². The van der Waals surface area contributed by atoms with Gasteiger partial charge < -0.3 is 38.4 Å². The first-order valence-corrected chi connectivity index (χ1v) is 28.5. The molecule has 1 N–H and O–H groups in total. The van der Waals surface area contributed by atoms with Crippen LogP contribution in [0.4, 0.5) is 0 Å². The van der Waals surface area contributed by atoms with E-state index in [0.29, 0.717) is 72.4 Å². The highest BCUT2D eigenvalue weighted by molar-refractivity contribution is 5.82. The number of aliphatic hydroxyl groups is 1. The van der Waals surface area contributed by atoms with Crippen molar-refractivity contribution in [2.45, 2.75) is 257 Å². The first kappa shape index (κ1) is 68.6. The van der Waals surface area contributed by atoms with Gasteiger partial charge in [-0.05, 0) is 116 Å². The van der Waals surface area contributed by atoms with E-state index in [1.807, 2.05) is 42.0 Å². The Bertz CT molecular complexity index is 1970. The van der Waals surface area contributed by atoms with Crippen LogP contribution >= 0.6 is 0 Å². The van der Waals surface area contributed by atoms with Gasteiger partial charge in [0.05, 0.1) is 86.6 Å². The fourth-order valence-corrected chi connectivity index (χ4v) is 9.65. The maximum absolute atomic E-state index is 14.1. The summed E-state index contributed by atoms with van der Waals surface area (Å²) in [6.45, 7) is 57.9. The second kappa shape index (κ2) is 27.6. The van der Waals surface area contributed by atoms with Crippen LogP contribution in [0, 0.1) is 27.1 Å². The lowest BCUT2D eigenvalue weighted by Crippen LogP contribution is -2.46. The van der Waals surface area contributed by atoms with Gasteiger partial charge in [-0.1, -0.05) is 128 Å². The Morgan fingerprint density at radius 1 is 0.507 bits per heavy atom. The minimum absolute atomic E-state index is 0.00154. The predicted molar refractivity (Wildman–Crippen MR) is 304 cm³/mol. The van der Waals surface area contributed by atoms with E-state index in [4.69, 9.17) is 28.4 Å². The van der Waals surface area contributed by atoms with Crippen molar-refractivity contribution in [2.24, 2.45) is 27.1 Å². The van der Waals surface area contributed by atoms with E-state index in [1.165, 1.54) is 0 Å². The van der Waals surface area contributed by atoms with Crippen molar-refractivity contribution < 1.29 is 38.3 Å². The Balaban J connectivity index is 1.80. The Labute approximate surface area is 458 Å².